The van der Waals surface area contributed by atoms with Gasteiger partial charge in [-0.1, -0.05) is 0 Å². The maximum absolute atomic E-state index is 12.5. The van der Waals surface area contributed by atoms with E-state index in [1.807, 2.05) is 13.0 Å². The zero-order valence-corrected chi connectivity index (χ0v) is 11.8. The van der Waals surface area contributed by atoms with Crippen LogP contribution < -0.4 is 4.74 Å². The first-order chi connectivity index (χ1) is 10.2. The summed E-state index contributed by atoms with van der Waals surface area (Å²) in [6.45, 7) is 3.08. The standard InChI is InChI=1S/C15H16N4O2/c1-11-13(3-2-5-17-11)15(20)19-8-4-12(10-19)21-14-9-16-6-7-18-14/h2-3,5-7,9,12H,4,8,10H2,1H3. The zero-order chi connectivity index (χ0) is 14.7. The van der Waals surface area contributed by atoms with Crippen LogP contribution in [0.1, 0.15) is 22.5 Å². The Morgan fingerprint density at radius 3 is 3.00 bits per heavy atom. The molecule has 0 saturated carbocycles. The minimum Gasteiger partial charge on any atom is -0.471 e. The summed E-state index contributed by atoms with van der Waals surface area (Å²) in [5.41, 5.74) is 1.40. The highest BCUT2D eigenvalue weighted by Gasteiger charge is 2.29. The Balaban J connectivity index is 1.65. The quantitative estimate of drug-likeness (QED) is 0.854. The number of rotatable bonds is 3. The van der Waals surface area contributed by atoms with Gasteiger partial charge < -0.3 is 9.64 Å². The molecule has 0 spiro atoms. The number of aryl methyl sites for hydroxylation is 1. The third kappa shape index (κ3) is 2.99. The molecule has 6 nitrogen and oxygen atoms in total. The second kappa shape index (κ2) is 5.87. The number of pyridine rings is 1. The molecule has 2 aromatic rings. The number of carbonyl (C=O) groups is 1. The molecule has 3 rings (SSSR count). The van der Waals surface area contributed by atoms with Gasteiger partial charge in [-0.3, -0.25) is 14.8 Å². The molecule has 0 N–H and O–H groups in total. The summed E-state index contributed by atoms with van der Waals surface area (Å²) >= 11 is 0. The number of aromatic nitrogens is 3. The fourth-order valence-electron chi connectivity index (χ4n) is 2.41. The molecule has 21 heavy (non-hydrogen) atoms. The Bertz CT molecular complexity index is 633. The molecule has 0 radical (unpaired) electrons. The van der Waals surface area contributed by atoms with Gasteiger partial charge in [0.2, 0.25) is 5.88 Å². The van der Waals surface area contributed by atoms with Crippen molar-refractivity contribution < 1.29 is 9.53 Å². The van der Waals surface area contributed by atoms with Crippen molar-refractivity contribution in [1.29, 1.82) is 0 Å². The van der Waals surface area contributed by atoms with E-state index >= 15 is 0 Å². The van der Waals surface area contributed by atoms with Gasteiger partial charge in [0.25, 0.3) is 5.91 Å². The maximum atomic E-state index is 12.5. The molecule has 0 bridgehead atoms. The molecule has 1 aliphatic rings. The van der Waals surface area contributed by atoms with Crippen molar-refractivity contribution in [1.82, 2.24) is 19.9 Å². The molecule has 1 aliphatic heterocycles. The molecular weight excluding hydrogens is 268 g/mol. The van der Waals surface area contributed by atoms with E-state index in [2.05, 4.69) is 15.0 Å². The Kier molecular flexibility index (Phi) is 3.77. The number of hydrogen-bond donors (Lipinski definition) is 0. The van der Waals surface area contributed by atoms with Crippen molar-refractivity contribution in [3.05, 3.63) is 48.2 Å². The predicted octanol–water partition coefficient (Wildman–Crippen LogP) is 1.47. The fraction of sp³-hybridized carbons (Fsp3) is 0.333. The van der Waals surface area contributed by atoms with Gasteiger partial charge in [-0.2, -0.15) is 0 Å². The van der Waals surface area contributed by atoms with Crippen LogP contribution in [-0.2, 0) is 0 Å². The second-order valence-corrected chi connectivity index (χ2v) is 4.96. The van der Waals surface area contributed by atoms with E-state index in [1.165, 1.54) is 0 Å². The smallest absolute Gasteiger partial charge is 0.255 e. The van der Waals surface area contributed by atoms with Gasteiger partial charge in [0.15, 0.2) is 0 Å². The number of likely N-dealkylation sites (tertiary alicyclic amines) is 1. The van der Waals surface area contributed by atoms with Crippen LogP contribution in [0.25, 0.3) is 0 Å². The van der Waals surface area contributed by atoms with Crippen LogP contribution in [0, 0.1) is 6.92 Å². The number of nitrogens with zero attached hydrogens (tertiary/aromatic N) is 4. The summed E-state index contributed by atoms with van der Waals surface area (Å²) in [5, 5.41) is 0. The van der Waals surface area contributed by atoms with Crippen molar-refractivity contribution in [3.8, 4) is 5.88 Å². The van der Waals surface area contributed by atoms with Crippen LogP contribution in [0.2, 0.25) is 0 Å². The summed E-state index contributed by atoms with van der Waals surface area (Å²) < 4.78 is 5.74. The molecule has 1 saturated heterocycles. The van der Waals surface area contributed by atoms with Crippen LogP contribution in [-0.4, -0.2) is 45.0 Å². The van der Waals surface area contributed by atoms with E-state index < -0.39 is 0 Å². The highest BCUT2D eigenvalue weighted by atomic mass is 16.5. The van der Waals surface area contributed by atoms with Crippen LogP contribution in [0.15, 0.2) is 36.9 Å². The fourth-order valence-corrected chi connectivity index (χ4v) is 2.41. The minimum absolute atomic E-state index is 0.00541. The normalized spacial score (nSPS) is 17.8. The van der Waals surface area contributed by atoms with E-state index in [0.29, 0.717) is 24.5 Å². The first-order valence-corrected chi connectivity index (χ1v) is 6.87. The lowest BCUT2D eigenvalue weighted by Gasteiger charge is -2.17. The average Bonchev–Trinajstić information content (AvgIpc) is 2.97. The monoisotopic (exact) mass is 284 g/mol. The first kappa shape index (κ1) is 13.5. The summed E-state index contributed by atoms with van der Waals surface area (Å²) in [6.07, 6.45) is 7.21. The van der Waals surface area contributed by atoms with Crippen molar-refractivity contribution in [3.63, 3.8) is 0 Å². The van der Waals surface area contributed by atoms with Gasteiger partial charge in [-0.15, -0.1) is 0 Å². The van der Waals surface area contributed by atoms with Gasteiger partial charge in [0.05, 0.1) is 18.3 Å². The molecule has 108 valence electrons. The van der Waals surface area contributed by atoms with Crippen molar-refractivity contribution >= 4 is 5.91 Å². The maximum Gasteiger partial charge on any atom is 0.255 e. The highest BCUT2D eigenvalue weighted by molar-refractivity contribution is 5.95. The molecule has 6 heteroatoms. The molecule has 3 heterocycles. The van der Waals surface area contributed by atoms with Crippen molar-refractivity contribution in [2.75, 3.05) is 13.1 Å². The van der Waals surface area contributed by atoms with Crippen LogP contribution in [0.4, 0.5) is 0 Å². The number of carbonyl (C=O) groups excluding carboxylic acids is 1. The third-order valence-corrected chi connectivity index (χ3v) is 3.50. The number of ether oxygens (including phenoxy) is 1. The molecule has 0 aliphatic carbocycles. The average molecular weight is 284 g/mol. The van der Waals surface area contributed by atoms with Crippen LogP contribution in [0.3, 0.4) is 0 Å². The summed E-state index contributed by atoms with van der Waals surface area (Å²) in [7, 11) is 0. The van der Waals surface area contributed by atoms with Crippen molar-refractivity contribution in [2.45, 2.75) is 19.4 Å². The van der Waals surface area contributed by atoms with Crippen LogP contribution >= 0.6 is 0 Å². The lowest BCUT2D eigenvalue weighted by molar-refractivity contribution is 0.0770. The molecule has 1 atom stereocenters. The van der Waals surface area contributed by atoms with Crippen molar-refractivity contribution in [2.24, 2.45) is 0 Å². The lowest BCUT2D eigenvalue weighted by atomic mass is 10.2. The SMILES string of the molecule is Cc1ncccc1C(=O)N1CCC(Oc2cnccn2)C1. The van der Waals surface area contributed by atoms with Gasteiger partial charge in [-0.05, 0) is 19.1 Å². The largest absolute Gasteiger partial charge is 0.471 e. The van der Waals surface area contributed by atoms with Gasteiger partial charge in [-0.25, -0.2) is 4.98 Å². The van der Waals surface area contributed by atoms with Gasteiger partial charge in [0, 0.05) is 37.3 Å². The Hall–Kier alpha value is -2.50. The van der Waals surface area contributed by atoms with E-state index in [9.17, 15) is 4.79 Å². The summed E-state index contributed by atoms with van der Waals surface area (Å²) in [5.74, 6) is 0.500. The van der Waals surface area contributed by atoms with Gasteiger partial charge >= 0.3 is 0 Å². The lowest BCUT2D eigenvalue weighted by Crippen LogP contribution is -2.31. The topological polar surface area (TPSA) is 68.2 Å². The Morgan fingerprint density at radius 1 is 1.33 bits per heavy atom. The minimum atomic E-state index is -0.0392. The Labute approximate surface area is 122 Å². The van der Waals surface area contributed by atoms with Crippen LogP contribution in [0.5, 0.6) is 5.88 Å². The highest BCUT2D eigenvalue weighted by Crippen LogP contribution is 2.18. The molecule has 0 aromatic carbocycles. The summed E-state index contributed by atoms with van der Waals surface area (Å²) in [4.78, 5) is 26.5. The van der Waals surface area contributed by atoms with Gasteiger partial charge in [0.1, 0.15) is 6.10 Å². The number of hydrogen-bond acceptors (Lipinski definition) is 5. The summed E-state index contributed by atoms with van der Waals surface area (Å²) in [6, 6.07) is 3.59. The predicted molar refractivity (Wildman–Crippen MR) is 75.9 cm³/mol. The molecule has 1 amide bonds. The first-order valence-electron chi connectivity index (χ1n) is 6.87. The Morgan fingerprint density at radius 2 is 2.24 bits per heavy atom. The second-order valence-electron chi connectivity index (χ2n) is 4.96. The molecule has 2 aromatic heterocycles. The molecule has 1 unspecified atom stereocenters. The third-order valence-electron chi connectivity index (χ3n) is 3.50. The van der Waals surface area contributed by atoms with E-state index in [0.717, 1.165) is 12.1 Å². The van der Waals surface area contributed by atoms with E-state index in [-0.39, 0.29) is 12.0 Å². The van der Waals surface area contributed by atoms with E-state index in [4.69, 9.17) is 4.74 Å². The van der Waals surface area contributed by atoms with E-state index in [1.54, 1.807) is 35.8 Å². The molecule has 1 fully saturated rings. The number of amides is 1. The molecular formula is C15H16N4O2. The zero-order valence-electron chi connectivity index (χ0n) is 11.8.